The van der Waals surface area contributed by atoms with Gasteiger partial charge >= 0.3 is 0 Å². The summed E-state index contributed by atoms with van der Waals surface area (Å²) in [6, 6.07) is 4.72. The molecule has 0 bridgehead atoms. The summed E-state index contributed by atoms with van der Waals surface area (Å²) in [5, 5.41) is 11.5. The molecule has 0 saturated carbocycles. The van der Waals surface area contributed by atoms with Gasteiger partial charge in [0.2, 0.25) is 5.91 Å². The van der Waals surface area contributed by atoms with E-state index in [-0.39, 0.29) is 5.75 Å². The number of aliphatic hydroxyl groups is 1. The molecule has 1 rings (SSSR count). The normalized spacial score (nSPS) is 12.0. The molecule has 0 aliphatic rings. The number of ether oxygens (including phenoxy) is 1. The van der Waals surface area contributed by atoms with E-state index in [4.69, 9.17) is 9.84 Å². The smallest absolute Gasteiger partial charge is 0.248 e. The van der Waals surface area contributed by atoms with E-state index in [1.807, 2.05) is 0 Å². The number of nitrogens with one attached hydrogen (secondary N) is 1. The molecule has 0 spiro atoms. The zero-order valence-electron chi connectivity index (χ0n) is 10.6. The lowest BCUT2D eigenvalue weighted by Crippen LogP contribution is -2.33. The van der Waals surface area contributed by atoms with Gasteiger partial charge in [-0.3, -0.25) is 4.79 Å². The van der Waals surface area contributed by atoms with Crippen molar-refractivity contribution in [1.82, 2.24) is 5.32 Å². The zero-order valence-corrected chi connectivity index (χ0v) is 10.6. The maximum Gasteiger partial charge on any atom is 0.248 e. The van der Waals surface area contributed by atoms with Crippen LogP contribution in [0.15, 0.2) is 18.2 Å². The van der Waals surface area contributed by atoms with Gasteiger partial charge in [0.1, 0.15) is 6.10 Å². The molecule has 5 heteroatoms. The highest BCUT2D eigenvalue weighted by Crippen LogP contribution is 2.18. The van der Waals surface area contributed by atoms with Gasteiger partial charge in [0.05, 0.1) is 6.61 Å². The van der Waals surface area contributed by atoms with E-state index in [1.165, 1.54) is 13.0 Å². The average Bonchev–Trinajstić information content (AvgIpc) is 2.32. The second-order valence-corrected chi connectivity index (χ2v) is 3.91. The van der Waals surface area contributed by atoms with Gasteiger partial charge in [-0.05, 0) is 38.0 Å². The maximum atomic E-state index is 13.5. The molecule has 0 radical (unpaired) electrons. The molecule has 2 N–H and O–H groups in total. The van der Waals surface area contributed by atoms with Crippen molar-refractivity contribution in [2.24, 2.45) is 0 Å². The molecule has 1 atom stereocenters. The zero-order chi connectivity index (χ0) is 13.5. The van der Waals surface area contributed by atoms with Crippen LogP contribution in [0.2, 0.25) is 0 Å². The molecular formula is C13H18FNO3. The molecule has 0 heterocycles. The summed E-state index contributed by atoms with van der Waals surface area (Å²) in [5.74, 6) is -0.605. The van der Waals surface area contributed by atoms with Crippen molar-refractivity contribution in [3.05, 3.63) is 29.6 Å². The van der Waals surface area contributed by atoms with Crippen LogP contribution in [0.3, 0.4) is 0 Å². The van der Waals surface area contributed by atoms with Gasteiger partial charge in [0, 0.05) is 6.54 Å². The first-order chi connectivity index (χ1) is 8.54. The van der Waals surface area contributed by atoms with Crippen LogP contribution in [0.5, 0.6) is 5.75 Å². The van der Waals surface area contributed by atoms with Crippen LogP contribution in [0.4, 0.5) is 4.39 Å². The van der Waals surface area contributed by atoms with E-state index in [0.717, 1.165) is 5.56 Å². The van der Waals surface area contributed by atoms with Crippen LogP contribution < -0.4 is 10.1 Å². The molecule has 1 amide bonds. The highest BCUT2D eigenvalue weighted by atomic mass is 19.1. The second-order valence-electron chi connectivity index (χ2n) is 3.91. The van der Waals surface area contributed by atoms with Crippen LogP contribution in [-0.2, 0) is 11.2 Å². The number of carbonyl (C=O) groups is 1. The van der Waals surface area contributed by atoms with Crippen molar-refractivity contribution in [2.45, 2.75) is 26.4 Å². The van der Waals surface area contributed by atoms with E-state index >= 15 is 0 Å². The Morgan fingerprint density at radius 3 is 2.83 bits per heavy atom. The van der Waals surface area contributed by atoms with Crippen molar-refractivity contribution in [3.8, 4) is 5.75 Å². The minimum Gasteiger partial charge on any atom is -0.491 e. The number of halogens is 1. The quantitative estimate of drug-likeness (QED) is 0.804. The Kier molecular flexibility index (Phi) is 5.58. The van der Waals surface area contributed by atoms with Gasteiger partial charge in [0.25, 0.3) is 0 Å². The lowest BCUT2D eigenvalue weighted by atomic mass is 10.1. The Labute approximate surface area is 106 Å². The fourth-order valence-corrected chi connectivity index (χ4v) is 1.45. The number of rotatable bonds is 6. The van der Waals surface area contributed by atoms with Crippen LogP contribution in [-0.4, -0.2) is 30.3 Å². The lowest BCUT2D eigenvalue weighted by Gasteiger charge is -2.08. The molecule has 18 heavy (non-hydrogen) atoms. The summed E-state index contributed by atoms with van der Waals surface area (Å²) in [7, 11) is 0. The van der Waals surface area contributed by atoms with Crippen LogP contribution >= 0.6 is 0 Å². The fourth-order valence-electron chi connectivity index (χ4n) is 1.45. The van der Waals surface area contributed by atoms with E-state index in [0.29, 0.717) is 19.6 Å². The molecule has 0 aliphatic heterocycles. The predicted octanol–water partition coefficient (Wildman–Crippen LogP) is 1.26. The van der Waals surface area contributed by atoms with E-state index in [1.54, 1.807) is 19.1 Å². The second kappa shape index (κ2) is 6.96. The molecular weight excluding hydrogens is 237 g/mol. The fraction of sp³-hybridized carbons (Fsp3) is 0.462. The van der Waals surface area contributed by atoms with Gasteiger partial charge in [-0.15, -0.1) is 0 Å². The molecule has 1 aromatic carbocycles. The topological polar surface area (TPSA) is 58.6 Å². The van der Waals surface area contributed by atoms with Gasteiger partial charge < -0.3 is 15.2 Å². The van der Waals surface area contributed by atoms with Crippen LogP contribution in [0.1, 0.15) is 19.4 Å². The monoisotopic (exact) mass is 255 g/mol. The number of aliphatic hydroxyl groups excluding tert-OH is 1. The summed E-state index contributed by atoms with van der Waals surface area (Å²) < 4.78 is 18.6. The first-order valence-corrected chi connectivity index (χ1v) is 5.91. The number of benzene rings is 1. The molecule has 1 aromatic rings. The number of hydrogen-bond donors (Lipinski definition) is 2. The van der Waals surface area contributed by atoms with Gasteiger partial charge in [-0.2, -0.15) is 0 Å². The summed E-state index contributed by atoms with van der Waals surface area (Å²) in [4.78, 5) is 11.1. The Morgan fingerprint density at radius 2 is 2.28 bits per heavy atom. The standard InChI is InChI=1S/C13H18FNO3/c1-3-18-12-5-4-10(8-11(12)14)6-7-15-13(17)9(2)16/h4-5,8-9,16H,3,6-7H2,1-2H3,(H,15,17). The van der Waals surface area contributed by atoms with Crippen molar-refractivity contribution in [3.63, 3.8) is 0 Å². The third kappa shape index (κ3) is 4.33. The van der Waals surface area contributed by atoms with E-state index < -0.39 is 17.8 Å². The molecule has 100 valence electrons. The minimum atomic E-state index is -1.03. The van der Waals surface area contributed by atoms with Crippen LogP contribution in [0, 0.1) is 5.82 Å². The molecule has 0 aromatic heterocycles. The molecule has 0 fully saturated rings. The van der Waals surface area contributed by atoms with Crippen LogP contribution in [0.25, 0.3) is 0 Å². The summed E-state index contributed by atoms with van der Waals surface area (Å²) >= 11 is 0. The Hall–Kier alpha value is -1.62. The maximum absolute atomic E-state index is 13.5. The number of carbonyl (C=O) groups excluding carboxylic acids is 1. The van der Waals surface area contributed by atoms with Gasteiger partial charge in [0.15, 0.2) is 11.6 Å². The highest BCUT2D eigenvalue weighted by molar-refractivity contribution is 5.79. The van der Waals surface area contributed by atoms with Crippen molar-refractivity contribution in [2.75, 3.05) is 13.2 Å². The summed E-state index contributed by atoms with van der Waals surface area (Å²) in [6.07, 6.45) is -0.524. The van der Waals surface area contributed by atoms with Crippen molar-refractivity contribution in [1.29, 1.82) is 0 Å². The Bertz CT molecular complexity index is 407. The Balaban J connectivity index is 2.48. The average molecular weight is 255 g/mol. The lowest BCUT2D eigenvalue weighted by molar-refractivity contribution is -0.128. The number of hydrogen-bond acceptors (Lipinski definition) is 3. The third-order valence-corrected chi connectivity index (χ3v) is 2.39. The summed E-state index contributed by atoms with van der Waals surface area (Å²) in [5.41, 5.74) is 0.766. The molecule has 0 aliphatic carbocycles. The predicted molar refractivity (Wildman–Crippen MR) is 66.0 cm³/mol. The van der Waals surface area contributed by atoms with Gasteiger partial charge in [-0.25, -0.2) is 4.39 Å². The molecule has 1 unspecified atom stereocenters. The SMILES string of the molecule is CCOc1ccc(CCNC(=O)C(C)O)cc1F. The van der Waals surface area contributed by atoms with E-state index in [9.17, 15) is 9.18 Å². The summed E-state index contributed by atoms with van der Waals surface area (Å²) in [6.45, 7) is 3.96. The Morgan fingerprint density at radius 1 is 1.56 bits per heavy atom. The number of amides is 1. The first-order valence-electron chi connectivity index (χ1n) is 5.91. The molecule has 0 saturated heterocycles. The van der Waals surface area contributed by atoms with E-state index in [2.05, 4.69) is 5.32 Å². The first kappa shape index (κ1) is 14.4. The molecule has 4 nitrogen and oxygen atoms in total. The van der Waals surface area contributed by atoms with Gasteiger partial charge in [-0.1, -0.05) is 6.07 Å². The third-order valence-electron chi connectivity index (χ3n) is 2.39. The van der Waals surface area contributed by atoms with Crippen molar-refractivity contribution >= 4 is 5.91 Å². The largest absolute Gasteiger partial charge is 0.491 e. The highest BCUT2D eigenvalue weighted by Gasteiger charge is 2.08. The minimum absolute atomic E-state index is 0.231. The van der Waals surface area contributed by atoms with Crippen molar-refractivity contribution < 1.29 is 19.0 Å².